The smallest absolute Gasteiger partial charge is 0.410 e. The van der Waals surface area contributed by atoms with Gasteiger partial charge in [-0.15, -0.1) is 0 Å². The molecule has 2 N–H and O–H groups in total. The lowest BCUT2D eigenvalue weighted by Gasteiger charge is -2.46. The normalized spacial score (nSPS) is 35.0. The van der Waals surface area contributed by atoms with E-state index in [0.717, 1.165) is 29.4 Å². The van der Waals surface area contributed by atoms with Crippen molar-refractivity contribution in [3.63, 3.8) is 0 Å². The van der Waals surface area contributed by atoms with E-state index in [1.807, 2.05) is 79.2 Å². The molecule has 1 aromatic heterocycles. The minimum atomic E-state index is -3.19. The Balaban J connectivity index is 1.30. The van der Waals surface area contributed by atoms with Crippen LogP contribution in [0.2, 0.25) is 0 Å². The number of amides is 1. The maximum absolute atomic E-state index is 17.0. The molecule has 356 valence electrons. The first-order valence-electron chi connectivity index (χ1n) is 23.2. The Bertz CT molecular complexity index is 2120. The molecule has 4 heterocycles. The first-order valence-corrected chi connectivity index (χ1v) is 23.2. The van der Waals surface area contributed by atoms with Crippen molar-refractivity contribution in [2.45, 2.75) is 161 Å². The quantitative estimate of drug-likeness (QED) is 0.0997. The third kappa shape index (κ3) is 10.2. The van der Waals surface area contributed by atoms with Gasteiger partial charge in [-0.25, -0.2) is 14.0 Å². The third-order valence-electron chi connectivity index (χ3n) is 14.0. The number of nitrogens with one attached hydrogen (secondary N) is 1. The predicted molar refractivity (Wildman–Crippen MR) is 242 cm³/mol. The number of carbonyl (C=O) groups excluding carboxylic acids is 4. The Labute approximate surface area is 382 Å². The van der Waals surface area contributed by atoms with Gasteiger partial charge < -0.3 is 39.0 Å². The molecule has 15 heteroatoms. The van der Waals surface area contributed by atoms with Crippen LogP contribution in [0.1, 0.15) is 94.4 Å². The minimum absolute atomic E-state index is 0.00849. The number of alkyl halides is 1. The number of likely N-dealkylation sites (N-methyl/N-ethyl adjacent to an activating group) is 1. The number of cyclic esters (lactones) is 1. The molecule has 3 saturated heterocycles. The van der Waals surface area contributed by atoms with Crippen LogP contribution in [0.3, 0.4) is 0 Å². The fourth-order valence-corrected chi connectivity index (χ4v) is 10.4. The number of ether oxygens (including phenoxy) is 5. The molecule has 3 fully saturated rings. The van der Waals surface area contributed by atoms with Crippen LogP contribution in [-0.2, 0) is 44.6 Å². The largest absolute Gasteiger partial charge is 0.455 e. The first kappa shape index (κ1) is 49.9. The van der Waals surface area contributed by atoms with Crippen LogP contribution in [0.5, 0.6) is 0 Å². The maximum Gasteiger partial charge on any atom is 0.410 e. The van der Waals surface area contributed by atoms with Gasteiger partial charge in [-0.3, -0.25) is 14.3 Å². The molecular weight excluding hydrogens is 836 g/mol. The highest BCUT2D eigenvalue weighted by molar-refractivity contribution is 6.08. The molecular formula is C50H69FN4O10. The third-order valence-corrected chi connectivity index (χ3v) is 14.0. The molecule has 0 bridgehead atoms. The summed E-state index contributed by atoms with van der Waals surface area (Å²) in [6.45, 7) is 15.8. The Morgan fingerprint density at radius 3 is 2.15 bits per heavy atom. The second kappa shape index (κ2) is 20.5. The van der Waals surface area contributed by atoms with Crippen molar-refractivity contribution in [1.29, 1.82) is 0 Å². The van der Waals surface area contributed by atoms with Gasteiger partial charge in [0.05, 0.1) is 35.2 Å². The van der Waals surface area contributed by atoms with Gasteiger partial charge in [0, 0.05) is 49.6 Å². The molecule has 1 amide bonds. The van der Waals surface area contributed by atoms with Crippen molar-refractivity contribution in [1.82, 2.24) is 20.0 Å². The number of esters is 1. The van der Waals surface area contributed by atoms with Gasteiger partial charge in [0.1, 0.15) is 18.0 Å². The Hall–Kier alpha value is -4.54. The maximum atomic E-state index is 17.0. The van der Waals surface area contributed by atoms with E-state index in [0.29, 0.717) is 32.4 Å². The van der Waals surface area contributed by atoms with Crippen molar-refractivity contribution in [3.05, 3.63) is 66.7 Å². The number of nitrogens with zero attached hydrogens (tertiary/aromatic N) is 3. The van der Waals surface area contributed by atoms with Crippen LogP contribution < -0.4 is 5.32 Å². The molecule has 6 rings (SSSR count). The van der Waals surface area contributed by atoms with Gasteiger partial charge in [0.15, 0.2) is 17.7 Å². The summed E-state index contributed by atoms with van der Waals surface area (Å²) in [7, 11) is 1.41. The number of halogens is 1. The van der Waals surface area contributed by atoms with E-state index in [4.69, 9.17) is 28.8 Å². The van der Waals surface area contributed by atoms with Crippen LogP contribution in [0.15, 0.2) is 66.7 Å². The zero-order chi connectivity index (χ0) is 47.4. The number of aryl methyl sites for hydroxylation is 1. The molecule has 65 heavy (non-hydrogen) atoms. The average Bonchev–Trinajstić information content (AvgIpc) is 3.84. The number of carbonyl (C=O) groups is 4. The zero-order valence-electron chi connectivity index (χ0n) is 39.6. The topological polar surface area (TPSA) is 168 Å². The molecule has 13 atom stereocenters. The van der Waals surface area contributed by atoms with Crippen LogP contribution in [0.25, 0.3) is 22.5 Å². The first-order chi connectivity index (χ1) is 30.8. The molecule has 0 radical (unpaired) electrons. The van der Waals surface area contributed by atoms with Crippen molar-refractivity contribution >= 4 is 23.6 Å². The van der Waals surface area contributed by atoms with Gasteiger partial charge >= 0.3 is 12.1 Å². The zero-order valence-corrected chi connectivity index (χ0v) is 39.6. The number of aromatic nitrogens is 2. The van der Waals surface area contributed by atoms with E-state index in [-0.39, 0.29) is 31.3 Å². The number of aliphatic hydroxyl groups excluding tert-OH is 1. The number of unbranched alkanes of at least 4 members (excludes halogenated alkanes) is 1. The molecule has 14 nitrogen and oxygen atoms in total. The van der Waals surface area contributed by atoms with E-state index in [1.54, 1.807) is 34.6 Å². The second-order valence-corrected chi connectivity index (χ2v) is 18.8. The summed E-state index contributed by atoms with van der Waals surface area (Å²) in [5.74, 6) is -5.83. The molecule has 0 spiro atoms. The summed E-state index contributed by atoms with van der Waals surface area (Å²) in [5.41, 5.74) is -2.48. The number of Topliss-reactive ketones (excluding diaryl/α,β-unsaturated/α-hetero) is 2. The summed E-state index contributed by atoms with van der Waals surface area (Å²) < 4.78 is 49.8. The van der Waals surface area contributed by atoms with Crippen molar-refractivity contribution in [2.24, 2.45) is 17.8 Å². The highest BCUT2D eigenvalue weighted by Gasteiger charge is 2.61. The van der Waals surface area contributed by atoms with E-state index in [9.17, 15) is 24.3 Å². The number of ketones is 2. The number of hydrogen-bond acceptors (Lipinski definition) is 12. The molecule has 0 aliphatic carbocycles. The lowest BCUT2D eigenvalue weighted by Crippen LogP contribution is -2.62. The molecule has 0 saturated carbocycles. The van der Waals surface area contributed by atoms with Crippen molar-refractivity contribution in [2.75, 3.05) is 20.2 Å². The van der Waals surface area contributed by atoms with E-state index in [1.165, 1.54) is 18.9 Å². The molecule has 2 aromatic carbocycles. The number of hydrogen-bond donors (Lipinski definition) is 2. The van der Waals surface area contributed by atoms with Crippen molar-refractivity contribution in [3.8, 4) is 22.5 Å². The highest BCUT2D eigenvalue weighted by atomic mass is 19.1. The highest BCUT2D eigenvalue weighted by Crippen LogP contribution is 2.44. The summed E-state index contributed by atoms with van der Waals surface area (Å²) in [6, 6.07) is 20.6. The summed E-state index contributed by atoms with van der Waals surface area (Å²) >= 11 is 0. The molecule has 1 unspecified atom stereocenters. The van der Waals surface area contributed by atoms with Crippen LogP contribution in [-0.4, -0.2) is 123 Å². The number of benzene rings is 2. The summed E-state index contributed by atoms with van der Waals surface area (Å²) in [5, 5.41) is 19.6. The fourth-order valence-electron chi connectivity index (χ4n) is 10.4. The lowest BCUT2D eigenvalue weighted by molar-refractivity contribution is -0.290. The second-order valence-electron chi connectivity index (χ2n) is 18.8. The Kier molecular flexibility index (Phi) is 15.8. The fraction of sp³-hybridized carbons (Fsp3) is 0.620. The Morgan fingerprint density at radius 1 is 0.908 bits per heavy atom. The van der Waals surface area contributed by atoms with Gasteiger partial charge in [0.2, 0.25) is 0 Å². The number of methoxy groups -OCH3 is 1. The number of aliphatic hydroxyl groups is 1. The molecule has 3 aromatic rings. The predicted octanol–water partition coefficient (Wildman–Crippen LogP) is 7.34. The van der Waals surface area contributed by atoms with Crippen LogP contribution in [0, 0.1) is 17.8 Å². The minimum Gasteiger partial charge on any atom is -0.455 e. The lowest BCUT2D eigenvalue weighted by atomic mass is 9.73. The van der Waals surface area contributed by atoms with Gasteiger partial charge in [-0.05, 0) is 78.0 Å². The van der Waals surface area contributed by atoms with Gasteiger partial charge in [-0.1, -0.05) is 95.3 Å². The molecule has 3 aliphatic heterocycles. The van der Waals surface area contributed by atoms with Crippen LogP contribution in [0.4, 0.5) is 9.18 Å². The monoisotopic (exact) mass is 904 g/mol. The van der Waals surface area contributed by atoms with E-state index >= 15 is 4.39 Å². The Morgan fingerprint density at radius 2 is 1.54 bits per heavy atom. The SMILES string of the molecule is CCN[C@H]1C[C@@H](C)O[C@@H](O[C@@H]2[C@H](C)C(=O)[C@](C)(F)C(=O)O[C@H](CC)[C@@]3(C)OC(=O)N(CCCCn4nc(-c5ccccc5)cc4-c4ccccc4)C3[C@@H](C)C(=O)[C@H](C)C[C@@]2(C)OC)[C@H]1O. The van der Waals surface area contributed by atoms with E-state index in [2.05, 4.69) is 11.4 Å². The number of rotatable bonds is 13. The van der Waals surface area contributed by atoms with Gasteiger partial charge in [0.25, 0.3) is 5.67 Å². The number of fused-ring (bicyclic) bond motifs is 1. The van der Waals surface area contributed by atoms with E-state index < -0.39 is 89.2 Å². The summed E-state index contributed by atoms with van der Waals surface area (Å²) in [4.78, 5) is 58.9. The molecule has 3 aliphatic rings. The van der Waals surface area contributed by atoms with Gasteiger partial charge in [-0.2, -0.15) is 5.10 Å². The van der Waals surface area contributed by atoms with Crippen molar-refractivity contribution < 1.29 is 52.4 Å². The summed E-state index contributed by atoms with van der Waals surface area (Å²) in [6.07, 6.45) is -4.36. The average molecular weight is 905 g/mol. The standard InChI is InChI=1S/C50H69FN4O10/c1-11-39-50(9)42(54(47(60)65-50)25-19-20-26-55-38(35-23-17-14-18-24-35)28-36(53-55)34-21-15-13-16-22-34)32(5)40(56)30(3)29-48(7,61-10)44(33(6)43(58)49(8,51)46(59)63-39)64-45-41(57)37(52-12-2)27-31(4)62-45/h13-18,21-24,28,30-33,37,39,41-42,44-45,52,57H,11-12,19-20,25-27,29H2,1-10H3/t30-,31-,32+,33-,37+,39-,41+,42?,44-,45+,48-,49+,50-/m1/s1. The van der Waals surface area contributed by atoms with Crippen LogP contribution >= 0.6 is 0 Å².